The highest BCUT2D eigenvalue weighted by Crippen LogP contribution is 2.38. The van der Waals surface area contributed by atoms with Crippen LogP contribution < -0.4 is 10.6 Å². The minimum absolute atomic E-state index is 0.121. The van der Waals surface area contributed by atoms with E-state index in [4.69, 9.17) is 12.2 Å². The number of piperidine rings is 4. The van der Waals surface area contributed by atoms with E-state index >= 15 is 0 Å². The molecule has 0 amide bonds. The van der Waals surface area contributed by atoms with Crippen LogP contribution in [0, 0.1) is 11.8 Å². The molecule has 6 aromatic rings. The molecule has 26 heteroatoms. The zero-order valence-corrected chi connectivity index (χ0v) is 48.1. The molecule has 0 radical (unpaired) electrons. The van der Waals surface area contributed by atoms with Crippen LogP contribution in [0.3, 0.4) is 0 Å². The average molecular weight is 1260 g/mol. The van der Waals surface area contributed by atoms with E-state index in [1.165, 1.54) is 76.8 Å². The van der Waals surface area contributed by atoms with Crippen LogP contribution in [-0.2, 0) is 21.9 Å². The number of aliphatic hydroxyl groups is 2. The Morgan fingerprint density at radius 2 is 1.01 bits per heavy atom. The molecule has 4 saturated heterocycles. The van der Waals surface area contributed by atoms with Crippen LogP contribution >= 0.6 is 24.4 Å². The molecule has 6 N–H and O–H groups in total. The van der Waals surface area contributed by atoms with E-state index in [9.17, 15) is 72.5 Å². The van der Waals surface area contributed by atoms with Gasteiger partial charge in [0.05, 0.1) is 35.2 Å². The third-order valence-electron chi connectivity index (χ3n) is 16.3. The fraction of sp³-hybridized carbons (Fsp3) is 0.467. The maximum atomic E-state index is 13.0. The van der Waals surface area contributed by atoms with Crippen LogP contribution in [0.25, 0.3) is 21.8 Å². The SMILES string of the molecule is FC(F)(F)c1cccc(N=C=S)c1.O=C(C(=O)C(F)(F)F)C(F)(F)F.OCC(C1CCN(C(=S)Nc2cccc(C(F)(F)F)c2)CC1)N1CCC(c2c[nH]c3ccccc23)CC1.OCC(C1CCNCC1)N1CCC(c2c[nH]c3ccccc23)CC1. The van der Waals surface area contributed by atoms with Crippen molar-refractivity contribution in [2.45, 2.75) is 100.0 Å². The molecule has 4 fully saturated rings. The highest BCUT2D eigenvalue weighted by molar-refractivity contribution is 7.80. The summed E-state index contributed by atoms with van der Waals surface area (Å²) in [7, 11) is 0. The molecule has 10 rings (SSSR count). The Bertz CT molecular complexity index is 3200. The van der Waals surface area contributed by atoms with Crippen molar-refractivity contribution in [3.63, 3.8) is 0 Å². The van der Waals surface area contributed by atoms with E-state index in [-0.39, 0.29) is 18.3 Å². The Morgan fingerprint density at radius 3 is 1.44 bits per heavy atom. The van der Waals surface area contributed by atoms with Crippen LogP contribution in [0.15, 0.2) is 114 Å². The lowest BCUT2D eigenvalue weighted by Gasteiger charge is -2.43. The summed E-state index contributed by atoms with van der Waals surface area (Å²) in [5, 5.41) is 31.8. The fourth-order valence-corrected chi connectivity index (χ4v) is 12.2. The van der Waals surface area contributed by atoms with Crippen molar-refractivity contribution in [1.82, 2.24) is 30.0 Å². The molecule has 0 saturated carbocycles. The van der Waals surface area contributed by atoms with Gasteiger partial charge in [-0.05, 0) is 198 Å². The van der Waals surface area contributed by atoms with Gasteiger partial charge in [-0.3, -0.25) is 19.4 Å². The van der Waals surface area contributed by atoms with Crippen molar-refractivity contribution in [3.05, 3.63) is 132 Å². The van der Waals surface area contributed by atoms with Gasteiger partial charge in [0.2, 0.25) is 0 Å². The van der Waals surface area contributed by atoms with Crippen LogP contribution in [-0.4, -0.2) is 147 Å². The van der Waals surface area contributed by atoms with Crippen molar-refractivity contribution in [2.75, 3.05) is 70.9 Å². The van der Waals surface area contributed by atoms with Crippen LogP contribution in [0.4, 0.5) is 64.1 Å². The number of likely N-dealkylation sites (tertiary alicyclic amines) is 3. The van der Waals surface area contributed by atoms with E-state index in [0.717, 1.165) is 102 Å². The van der Waals surface area contributed by atoms with Crippen molar-refractivity contribution < 1.29 is 72.5 Å². The molecule has 4 aliphatic heterocycles. The smallest absolute Gasteiger partial charge is 0.395 e. The quantitative estimate of drug-likeness (QED) is 0.0318. The number of hydrogen-bond donors (Lipinski definition) is 6. The molecule has 6 heterocycles. The van der Waals surface area contributed by atoms with Crippen molar-refractivity contribution >= 4 is 79.5 Å². The number of aromatic nitrogens is 2. The van der Waals surface area contributed by atoms with Crippen molar-refractivity contribution in [1.29, 1.82) is 0 Å². The van der Waals surface area contributed by atoms with Gasteiger partial charge in [0.1, 0.15) is 0 Å². The number of halogens is 12. The van der Waals surface area contributed by atoms with E-state index < -0.39 is 47.4 Å². The molecule has 2 unspecified atom stereocenters. The first-order valence-electron chi connectivity index (χ1n) is 28.0. The number of nitrogens with one attached hydrogen (secondary N) is 4. The Hall–Kier alpha value is -6.25. The molecule has 4 aliphatic rings. The molecular formula is C60H66F12N8O4S2. The predicted molar refractivity (Wildman–Crippen MR) is 311 cm³/mol. The molecule has 86 heavy (non-hydrogen) atoms. The zero-order chi connectivity index (χ0) is 62.4. The average Bonchev–Trinajstić information content (AvgIpc) is 2.33. The first-order chi connectivity index (χ1) is 40.8. The van der Waals surface area contributed by atoms with Gasteiger partial charge in [-0.1, -0.05) is 48.5 Å². The normalized spacial score (nSPS) is 18.1. The number of isothiocyanates is 1. The van der Waals surface area contributed by atoms with Gasteiger partial charge < -0.3 is 35.7 Å². The second kappa shape index (κ2) is 30.1. The summed E-state index contributed by atoms with van der Waals surface area (Å²) in [5.41, 5.74) is 4.37. The minimum atomic E-state index is -5.77. The van der Waals surface area contributed by atoms with Crippen molar-refractivity contribution in [3.8, 4) is 0 Å². The monoisotopic (exact) mass is 1250 g/mol. The lowest BCUT2D eigenvalue weighted by Crippen LogP contribution is -2.51. The number of carbonyl (C=O) groups excluding carboxylic acids is 2. The number of Topliss-reactive ketones (excluding diaryl/α,β-unsaturated/α-hetero) is 2. The summed E-state index contributed by atoms with van der Waals surface area (Å²) >= 11 is 9.78. The lowest BCUT2D eigenvalue weighted by molar-refractivity contribution is -0.193. The first-order valence-corrected chi connectivity index (χ1v) is 28.9. The number of thiocarbonyl (C=S) groups is 2. The van der Waals surface area contributed by atoms with Gasteiger partial charge in [0.25, 0.3) is 0 Å². The molecular weight excluding hydrogens is 1190 g/mol. The second-order valence-corrected chi connectivity index (χ2v) is 22.1. The number of aromatic amines is 2. The van der Waals surface area contributed by atoms with Crippen molar-refractivity contribution in [2.24, 2.45) is 16.8 Å². The van der Waals surface area contributed by atoms with Crippen LogP contribution in [0.1, 0.15) is 85.5 Å². The highest BCUT2D eigenvalue weighted by Gasteiger charge is 2.54. The number of anilines is 1. The summed E-state index contributed by atoms with van der Waals surface area (Å²) in [6, 6.07) is 27.2. The van der Waals surface area contributed by atoms with E-state index in [1.807, 2.05) is 10.1 Å². The Balaban J connectivity index is 0.000000184. The van der Waals surface area contributed by atoms with E-state index in [0.29, 0.717) is 47.1 Å². The maximum Gasteiger partial charge on any atom is 0.458 e. The number of hydrogen-bond acceptors (Lipinski definition) is 10. The number of rotatable bonds is 11. The van der Waals surface area contributed by atoms with Gasteiger partial charge in [-0.25, -0.2) is 0 Å². The van der Waals surface area contributed by atoms with E-state index in [2.05, 4.69) is 109 Å². The molecule has 0 spiro atoms. The summed E-state index contributed by atoms with van der Waals surface area (Å²) in [4.78, 5) is 36.5. The van der Waals surface area contributed by atoms with Gasteiger partial charge in [-0.15, -0.1) is 0 Å². The maximum absolute atomic E-state index is 13.0. The lowest BCUT2D eigenvalue weighted by atomic mass is 9.85. The topological polar surface area (TPSA) is 152 Å². The zero-order valence-electron chi connectivity index (χ0n) is 46.4. The summed E-state index contributed by atoms with van der Waals surface area (Å²) in [6.07, 6.45) is -7.19. The van der Waals surface area contributed by atoms with E-state index in [1.54, 1.807) is 6.07 Å². The number of H-pyrrole nitrogens is 2. The molecule has 0 bridgehead atoms. The molecule has 12 nitrogen and oxygen atoms in total. The van der Waals surface area contributed by atoms with Gasteiger partial charge in [0, 0.05) is 65.1 Å². The molecule has 4 aromatic carbocycles. The molecule has 0 aliphatic carbocycles. The highest BCUT2D eigenvalue weighted by atomic mass is 32.1. The summed E-state index contributed by atoms with van der Waals surface area (Å²) < 4.78 is 142. The number of para-hydroxylation sites is 2. The number of fused-ring (bicyclic) bond motifs is 2. The third-order valence-corrected chi connectivity index (χ3v) is 16.8. The van der Waals surface area contributed by atoms with Crippen LogP contribution in [0.2, 0.25) is 0 Å². The number of alkyl halides is 12. The molecule has 2 aromatic heterocycles. The standard InChI is InChI=1S/C28H33F3N4OS.C20H29N3O.C8H4F3NS.C4F6O2/c29-28(30,31)21-4-3-5-22(16-21)33-27(37)35-14-10-20(11-15-35)26(18-36)34-12-8-19(9-13-34)24-17-32-25-7-2-1-6-23(24)25;24-14-20(16-5-9-21-10-6-16)23-11-7-15(8-12-23)18-13-22-19-4-2-1-3-17(18)19;9-8(10,11)6-2-1-3-7(4-6)12-5-13;5-3(6,7)1(11)2(12)4(8,9)10/h1-7,16-17,19-20,26,32,36H,8-15,18H2,(H,33,37);1-4,13,15-16,20-22,24H,5-12,14H2;1-4H;. The third kappa shape index (κ3) is 18.2. The minimum Gasteiger partial charge on any atom is -0.395 e. The Kier molecular flexibility index (Phi) is 23.5. The number of nitrogens with zero attached hydrogens (tertiary/aromatic N) is 4. The van der Waals surface area contributed by atoms with Gasteiger partial charge in [-0.2, -0.15) is 57.7 Å². The summed E-state index contributed by atoms with van der Waals surface area (Å²) in [6.45, 7) is 8.24. The fourth-order valence-electron chi connectivity index (χ4n) is 11.8. The number of ketones is 2. The van der Waals surface area contributed by atoms with Crippen LogP contribution in [0.5, 0.6) is 0 Å². The number of benzene rings is 4. The summed E-state index contributed by atoms with van der Waals surface area (Å²) in [5.74, 6) is -4.63. The Labute approximate surface area is 499 Å². The Morgan fingerprint density at radius 1 is 0.581 bits per heavy atom. The number of aliphatic hydroxyl groups excluding tert-OH is 2. The first kappa shape index (κ1) is 67.3. The van der Waals surface area contributed by atoms with Gasteiger partial charge in [0.15, 0.2) is 5.11 Å². The largest absolute Gasteiger partial charge is 0.458 e. The number of carbonyl (C=O) groups is 2. The predicted octanol–water partition coefficient (Wildman–Crippen LogP) is 13.2. The second-order valence-electron chi connectivity index (χ2n) is 21.5. The molecule has 2 atom stereocenters. The number of aliphatic imine (C=N–C) groups is 1. The van der Waals surface area contributed by atoms with Gasteiger partial charge >= 0.3 is 36.3 Å². The molecule has 466 valence electrons.